The Balaban J connectivity index is 1.37. The minimum Gasteiger partial charge on any atom is -0.356 e. The van der Waals surface area contributed by atoms with E-state index in [9.17, 15) is 9.59 Å². The van der Waals surface area contributed by atoms with Crippen LogP contribution in [0.4, 0.5) is 10.5 Å². The van der Waals surface area contributed by atoms with Gasteiger partial charge in [0.2, 0.25) is 5.91 Å². The zero-order valence-corrected chi connectivity index (χ0v) is 17.3. The van der Waals surface area contributed by atoms with Gasteiger partial charge in [0.05, 0.1) is 0 Å². The molecule has 28 heavy (non-hydrogen) atoms. The van der Waals surface area contributed by atoms with Gasteiger partial charge in [-0.15, -0.1) is 0 Å². The van der Waals surface area contributed by atoms with Gasteiger partial charge < -0.3 is 15.5 Å². The summed E-state index contributed by atoms with van der Waals surface area (Å²) in [6.45, 7) is 2.32. The number of anilines is 1. The minimum absolute atomic E-state index is 0.0752. The number of amides is 3. The lowest BCUT2D eigenvalue weighted by Gasteiger charge is -2.32. The number of rotatable bonds is 6. The van der Waals surface area contributed by atoms with E-state index in [2.05, 4.69) is 10.6 Å². The van der Waals surface area contributed by atoms with E-state index in [4.69, 9.17) is 11.6 Å². The molecular formula is C22H32ClN3O2. The SMILES string of the molecule is O=C(CC[C@@H]1CCCN(C(=O)Nc2ccc(Cl)cc2)C1)NCC1CCCCC1. The van der Waals surface area contributed by atoms with Gasteiger partial charge in [0.1, 0.15) is 0 Å². The van der Waals surface area contributed by atoms with Crippen LogP contribution >= 0.6 is 11.6 Å². The second-order valence-corrected chi connectivity index (χ2v) is 8.67. The predicted molar refractivity (Wildman–Crippen MR) is 114 cm³/mol. The second-order valence-electron chi connectivity index (χ2n) is 8.24. The van der Waals surface area contributed by atoms with E-state index in [1.165, 1.54) is 32.1 Å². The Morgan fingerprint density at radius 3 is 2.46 bits per heavy atom. The minimum atomic E-state index is -0.0752. The van der Waals surface area contributed by atoms with E-state index in [1.54, 1.807) is 24.3 Å². The molecule has 1 saturated carbocycles. The molecule has 1 atom stereocenters. The van der Waals surface area contributed by atoms with E-state index in [1.807, 2.05) is 4.90 Å². The van der Waals surface area contributed by atoms with Crippen molar-refractivity contribution in [2.75, 3.05) is 25.0 Å². The second kappa shape index (κ2) is 10.7. The van der Waals surface area contributed by atoms with Gasteiger partial charge in [-0.3, -0.25) is 4.79 Å². The fraction of sp³-hybridized carbons (Fsp3) is 0.636. The zero-order chi connectivity index (χ0) is 19.8. The Morgan fingerprint density at radius 2 is 1.71 bits per heavy atom. The molecule has 0 radical (unpaired) electrons. The summed E-state index contributed by atoms with van der Waals surface area (Å²) in [5.74, 6) is 1.22. The summed E-state index contributed by atoms with van der Waals surface area (Å²) in [4.78, 5) is 26.6. The maximum absolute atomic E-state index is 12.5. The molecule has 3 rings (SSSR count). The van der Waals surface area contributed by atoms with Crippen LogP contribution in [0.15, 0.2) is 24.3 Å². The van der Waals surface area contributed by atoms with Crippen molar-refractivity contribution in [2.45, 2.75) is 57.8 Å². The summed E-state index contributed by atoms with van der Waals surface area (Å²) >= 11 is 5.89. The largest absolute Gasteiger partial charge is 0.356 e. The van der Waals surface area contributed by atoms with E-state index in [0.717, 1.165) is 44.6 Å². The summed E-state index contributed by atoms with van der Waals surface area (Å²) < 4.78 is 0. The molecule has 0 unspecified atom stereocenters. The molecule has 1 aromatic rings. The average Bonchev–Trinajstić information content (AvgIpc) is 2.73. The molecule has 5 nitrogen and oxygen atoms in total. The molecule has 0 aromatic heterocycles. The molecule has 1 heterocycles. The lowest BCUT2D eigenvalue weighted by Crippen LogP contribution is -2.42. The van der Waals surface area contributed by atoms with E-state index >= 15 is 0 Å². The van der Waals surface area contributed by atoms with Crippen molar-refractivity contribution in [3.8, 4) is 0 Å². The van der Waals surface area contributed by atoms with Crippen LogP contribution in [0.2, 0.25) is 5.02 Å². The summed E-state index contributed by atoms with van der Waals surface area (Å²) in [5, 5.41) is 6.70. The number of piperidine rings is 1. The summed E-state index contributed by atoms with van der Waals surface area (Å²) in [6, 6.07) is 7.06. The van der Waals surface area contributed by atoms with Gasteiger partial charge in [-0.05, 0) is 68.2 Å². The first-order valence-corrected chi connectivity index (χ1v) is 11.1. The Labute approximate surface area is 173 Å². The zero-order valence-electron chi connectivity index (χ0n) is 16.6. The number of carbonyl (C=O) groups is 2. The molecule has 1 aromatic carbocycles. The maximum Gasteiger partial charge on any atom is 0.321 e. The Bertz CT molecular complexity index is 644. The van der Waals surface area contributed by atoms with Gasteiger partial charge in [-0.1, -0.05) is 30.9 Å². The van der Waals surface area contributed by atoms with Gasteiger partial charge in [0, 0.05) is 36.8 Å². The molecule has 1 saturated heterocycles. The molecule has 0 spiro atoms. The van der Waals surface area contributed by atoms with Crippen LogP contribution in [0.1, 0.15) is 57.8 Å². The van der Waals surface area contributed by atoms with Crippen molar-refractivity contribution in [1.82, 2.24) is 10.2 Å². The van der Waals surface area contributed by atoms with Crippen LogP contribution < -0.4 is 10.6 Å². The standard InChI is InChI=1S/C22H32ClN3O2/c23-19-9-11-20(12-10-19)25-22(28)26-14-4-7-18(16-26)8-13-21(27)24-15-17-5-2-1-3-6-17/h9-12,17-18H,1-8,13-16H2,(H,24,27)(H,25,28)/t18-/m0/s1. The lowest BCUT2D eigenvalue weighted by atomic mass is 9.89. The van der Waals surface area contributed by atoms with Crippen LogP contribution in [0.3, 0.4) is 0 Å². The van der Waals surface area contributed by atoms with Crippen LogP contribution in [0, 0.1) is 11.8 Å². The first-order chi connectivity index (χ1) is 13.6. The van der Waals surface area contributed by atoms with Gasteiger partial charge in [-0.25, -0.2) is 4.79 Å². The number of nitrogens with zero attached hydrogens (tertiary/aromatic N) is 1. The van der Waals surface area contributed by atoms with Crippen LogP contribution in [-0.4, -0.2) is 36.5 Å². The number of carbonyl (C=O) groups excluding carboxylic acids is 2. The molecule has 6 heteroatoms. The number of likely N-dealkylation sites (tertiary alicyclic amines) is 1. The van der Waals surface area contributed by atoms with Crippen molar-refractivity contribution in [2.24, 2.45) is 11.8 Å². The topological polar surface area (TPSA) is 61.4 Å². The molecule has 1 aliphatic carbocycles. The fourth-order valence-electron chi connectivity index (χ4n) is 4.29. The molecule has 154 valence electrons. The molecule has 0 bridgehead atoms. The van der Waals surface area contributed by atoms with Gasteiger partial charge in [-0.2, -0.15) is 0 Å². The van der Waals surface area contributed by atoms with E-state index in [-0.39, 0.29) is 11.9 Å². The van der Waals surface area contributed by atoms with Gasteiger partial charge in [0.25, 0.3) is 0 Å². The quantitative estimate of drug-likeness (QED) is 0.694. The van der Waals surface area contributed by atoms with Crippen LogP contribution in [0.5, 0.6) is 0 Å². The monoisotopic (exact) mass is 405 g/mol. The summed E-state index contributed by atoms with van der Waals surface area (Å²) in [7, 11) is 0. The van der Waals surface area contributed by atoms with Crippen molar-refractivity contribution in [3.05, 3.63) is 29.3 Å². The Hall–Kier alpha value is -1.75. The Kier molecular flexibility index (Phi) is 8.01. The Morgan fingerprint density at radius 1 is 1.00 bits per heavy atom. The smallest absolute Gasteiger partial charge is 0.321 e. The molecule has 2 fully saturated rings. The maximum atomic E-state index is 12.5. The van der Waals surface area contributed by atoms with Crippen molar-refractivity contribution in [1.29, 1.82) is 0 Å². The van der Waals surface area contributed by atoms with Crippen molar-refractivity contribution < 1.29 is 9.59 Å². The van der Waals surface area contributed by atoms with Gasteiger partial charge >= 0.3 is 6.03 Å². The summed E-state index contributed by atoms with van der Waals surface area (Å²) in [5.41, 5.74) is 0.749. The average molecular weight is 406 g/mol. The highest BCUT2D eigenvalue weighted by molar-refractivity contribution is 6.30. The third-order valence-electron chi connectivity index (χ3n) is 5.99. The third-order valence-corrected chi connectivity index (χ3v) is 6.25. The predicted octanol–water partition coefficient (Wildman–Crippen LogP) is 5.06. The number of halogens is 1. The molecule has 2 aliphatic rings. The van der Waals surface area contributed by atoms with Gasteiger partial charge in [0.15, 0.2) is 0 Å². The number of hydrogen-bond acceptors (Lipinski definition) is 2. The molecule has 3 amide bonds. The molecule has 1 aliphatic heterocycles. The van der Waals surface area contributed by atoms with Crippen LogP contribution in [-0.2, 0) is 4.79 Å². The number of hydrogen-bond donors (Lipinski definition) is 2. The lowest BCUT2D eigenvalue weighted by molar-refractivity contribution is -0.121. The van der Waals surface area contributed by atoms with Crippen LogP contribution in [0.25, 0.3) is 0 Å². The number of benzene rings is 1. The normalized spacial score (nSPS) is 20.6. The summed E-state index contributed by atoms with van der Waals surface area (Å²) in [6.07, 6.45) is 9.93. The highest BCUT2D eigenvalue weighted by Gasteiger charge is 2.24. The van der Waals surface area contributed by atoms with E-state index < -0.39 is 0 Å². The first-order valence-electron chi connectivity index (χ1n) is 10.7. The highest BCUT2D eigenvalue weighted by atomic mass is 35.5. The highest BCUT2D eigenvalue weighted by Crippen LogP contribution is 2.24. The number of nitrogens with one attached hydrogen (secondary N) is 2. The number of urea groups is 1. The molecular weight excluding hydrogens is 374 g/mol. The first kappa shape index (κ1) is 21.0. The van der Waals surface area contributed by atoms with Crippen molar-refractivity contribution >= 4 is 29.2 Å². The molecule has 2 N–H and O–H groups in total. The van der Waals surface area contributed by atoms with E-state index in [0.29, 0.717) is 23.3 Å². The third kappa shape index (κ3) is 6.69. The van der Waals surface area contributed by atoms with Crippen molar-refractivity contribution in [3.63, 3.8) is 0 Å². The fourth-order valence-corrected chi connectivity index (χ4v) is 4.42.